The lowest BCUT2D eigenvalue weighted by Gasteiger charge is -2.22. The predicted octanol–water partition coefficient (Wildman–Crippen LogP) is 4.43. The first-order chi connectivity index (χ1) is 14.3. The van der Waals surface area contributed by atoms with Crippen molar-refractivity contribution < 1.29 is 18.0 Å². The van der Waals surface area contributed by atoms with Crippen molar-refractivity contribution in [3.05, 3.63) is 53.6 Å². The maximum absolute atomic E-state index is 13.1. The summed E-state index contributed by atoms with van der Waals surface area (Å²) in [5, 5.41) is 0. The molecule has 160 valence electrons. The Morgan fingerprint density at radius 1 is 1.00 bits per heavy atom. The van der Waals surface area contributed by atoms with Crippen molar-refractivity contribution in [3.8, 4) is 0 Å². The van der Waals surface area contributed by atoms with Crippen molar-refractivity contribution >= 4 is 39.2 Å². The third-order valence-electron chi connectivity index (χ3n) is 5.13. The van der Waals surface area contributed by atoms with Crippen LogP contribution >= 0.6 is 11.8 Å². The van der Waals surface area contributed by atoms with Crippen LogP contribution in [0.3, 0.4) is 0 Å². The van der Waals surface area contributed by atoms with Crippen LogP contribution in [0.2, 0.25) is 0 Å². The van der Waals surface area contributed by atoms with Crippen molar-refractivity contribution in [2.75, 3.05) is 24.1 Å². The second-order valence-electron chi connectivity index (χ2n) is 7.31. The molecule has 0 spiro atoms. The molecule has 1 aliphatic rings. The number of ketones is 1. The van der Waals surface area contributed by atoms with Crippen LogP contribution in [0.5, 0.6) is 0 Å². The number of carbonyl (C=O) groups excluding carboxylic acids is 2. The summed E-state index contributed by atoms with van der Waals surface area (Å²) in [6.45, 7) is 2.81. The van der Waals surface area contributed by atoms with Crippen molar-refractivity contribution in [1.29, 1.82) is 0 Å². The number of likely N-dealkylation sites (tertiary alicyclic amines) is 1. The number of amides is 1. The van der Waals surface area contributed by atoms with Gasteiger partial charge in [-0.3, -0.25) is 14.3 Å². The third kappa shape index (κ3) is 5.23. The molecule has 1 fully saturated rings. The van der Waals surface area contributed by atoms with Gasteiger partial charge in [0.25, 0.3) is 15.9 Å². The number of anilines is 1. The zero-order chi connectivity index (χ0) is 21.7. The highest BCUT2D eigenvalue weighted by molar-refractivity contribution is 7.98. The first-order valence-corrected chi connectivity index (χ1v) is 12.6. The number of hydrogen-bond donors (Lipinski definition) is 1. The fourth-order valence-electron chi connectivity index (χ4n) is 3.48. The first kappa shape index (κ1) is 22.4. The average Bonchev–Trinajstić information content (AvgIpc) is 3.02. The van der Waals surface area contributed by atoms with E-state index in [2.05, 4.69) is 4.72 Å². The number of sulfonamides is 1. The molecule has 0 aliphatic carbocycles. The topological polar surface area (TPSA) is 83.5 Å². The van der Waals surface area contributed by atoms with Gasteiger partial charge in [-0.2, -0.15) is 0 Å². The second-order valence-corrected chi connectivity index (χ2v) is 9.84. The van der Waals surface area contributed by atoms with E-state index in [4.69, 9.17) is 0 Å². The van der Waals surface area contributed by atoms with E-state index < -0.39 is 10.0 Å². The Labute approximate surface area is 182 Å². The zero-order valence-electron chi connectivity index (χ0n) is 17.2. The highest BCUT2D eigenvalue weighted by Crippen LogP contribution is 2.27. The van der Waals surface area contributed by atoms with Crippen LogP contribution in [0.25, 0.3) is 0 Å². The van der Waals surface area contributed by atoms with Gasteiger partial charge in [0.05, 0.1) is 10.5 Å². The Morgan fingerprint density at radius 2 is 1.70 bits per heavy atom. The molecule has 0 radical (unpaired) electrons. The van der Waals surface area contributed by atoms with Gasteiger partial charge in [-0.05, 0) is 56.4 Å². The second kappa shape index (κ2) is 9.66. The summed E-state index contributed by atoms with van der Waals surface area (Å²) in [4.78, 5) is 27.3. The quantitative estimate of drug-likeness (QED) is 0.524. The monoisotopic (exact) mass is 446 g/mol. The summed E-state index contributed by atoms with van der Waals surface area (Å²) in [5.74, 6) is -0.275. The molecule has 0 unspecified atom stereocenters. The van der Waals surface area contributed by atoms with Crippen LogP contribution in [0.4, 0.5) is 5.69 Å². The summed E-state index contributed by atoms with van der Waals surface area (Å²) in [6, 6.07) is 11.0. The van der Waals surface area contributed by atoms with E-state index in [-0.39, 0.29) is 16.6 Å². The number of thioether (sulfide) groups is 1. The molecule has 0 atom stereocenters. The van der Waals surface area contributed by atoms with Gasteiger partial charge in [0.1, 0.15) is 0 Å². The van der Waals surface area contributed by atoms with Crippen LogP contribution in [0.15, 0.2) is 52.3 Å². The van der Waals surface area contributed by atoms with Gasteiger partial charge in [-0.1, -0.05) is 25.0 Å². The van der Waals surface area contributed by atoms with Crippen LogP contribution in [0, 0.1) is 0 Å². The van der Waals surface area contributed by atoms with E-state index in [9.17, 15) is 18.0 Å². The Bertz CT molecular complexity index is 1040. The summed E-state index contributed by atoms with van der Waals surface area (Å²) < 4.78 is 28.4. The molecule has 1 heterocycles. The van der Waals surface area contributed by atoms with Gasteiger partial charge in [0, 0.05) is 29.2 Å². The third-order valence-corrected chi connectivity index (χ3v) is 7.30. The molecule has 0 aromatic heterocycles. The molecule has 1 amide bonds. The molecule has 2 aromatic rings. The summed E-state index contributed by atoms with van der Waals surface area (Å²) in [5.41, 5.74) is 1.13. The van der Waals surface area contributed by atoms with Crippen LogP contribution in [0.1, 0.15) is 53.3 Å². The number of rotatable bonds is 6. The maximum Gasteiger partial charge on any atom is 0.261 e. The Kier molecular flexibility index (Phi) is 7.20. The van der Waals surface area contributed by atoms with Gasteiger partial charge in [0.2, 0.25) is 0 Å². The van der Waals surface area contributed by atoms with Gasteiger partial charge < -0.3 is 4.90 Å². The highest BCUT2D eigenvalue weighted by atomic mass is 32.2. The maximum atomic E-state index is 13.1. The number of hydrogen-bond acceptors (Lipinski definition) is 5. The van der Waals surface area contributed by atoms with Crippen LogP contribution in [-0.2, 0) is 10.0 Å². The standard InChI is InChI=1S/C22H26N2O4S2/c1-16(25)17-8-7-9-18(14-17)23-30(27,28)19-10-11-21(29-2)20(15-19)22(26)24-12-5-3-4-6-13-24/h7-11,14-15,23H,3-6,12-13H2,1-2H3. The molecule has 3 rings (SSSR count). The normalized spacial score (nSPS) is 14.8. The van der Waals surface area contributed by atoms with Gasteiger partial charge >= 0.3 is 0 Å². The number of nitrogens with one attached hydrogen (secondary N) is 1. The summed E-state index contributed by atoms with van der Waals surface area (Å²) in [7, 11) is -3.92. The highest BCUT2D eigenvalue weighted by Gasteiger charge is 2.23. The minimum absolute atomic E-state index is 0.0201. The lowest BCUT2D eigenvalue weighted by molar-refractivity contribution is 0.0757. The van der Waals surface area contributed by atoms with E-state index >= 15 is 0 Å². The van der Waals surface area contributed by atoms with Crippen molar-refractivity contribution in [2.24, 2.45) is 0 Å². The first-order valence-electron chi connectivity index (χ1n) is 9.93. The molecule has 6 nitrogen and oxygen atoms in total. The van der Waals surface area contributed by atoms with Crippen molar-refractivity contribution in [2.45, 2.75) is 42.4 Å². The molecular weight excluding hydrogens is 420 g/mol. The van der Waals surface area contributed by atoms with Crippen LogP contribution in [-0.4, -0.2) is 44.4 Å². The van der Waals surface area contributed by atoms with E-state index in [1.165, 1.54) is 36.9 Å². The molecular formula is C22H26N2O4S2. The fraction of sp³-hybridized carbons (Fsp3) is 0.364. The number of Topliss-reactive ketones (excluding diaryl/α,β-unsaturated/α-hetero) is 1. The van der Waals surface area contributed by atoms with E-state index in [1.807, 2.05) is 11.2 Å². The molecule has 0 saturated carbocycles. The lowest BCUT2D eigenvalue weighted by Crippen LogP contribution is -2.32. The number of benzene rings is 2. The van der Waals surface area contributed by atoms with Crippen LogP contribution < -0.4 is 4.72 Å². The molecule has 1 aliphatic heterocycles. The van der Waals surface area contributed by atoms with Gasteiger partial charge in [0.15, 0.2) is 5.78 Å². The molecule has 2 aromatic carbocycles. The largest absolute Gasteiger partial charge is 0.339 e. The molecule has 0 bridgehead atoms. The Morgan fingerprint density at radius 3 is 2.33 bits per heavy atom. The van der Waals surface area contributed by atoms with E-state index in [1.54, 1.807) is 24.3 Å². The predicted molar refractivity (Wildman–Crippen MR) is 120 cm³/mol. The van der Waals surface area contributed by atoms with Gasteiger partial charge in [-0.15, -0.1) is 11.8 Å². The minimum atomic E-state index is -3.92. The average molecular weight is 447 g/mol. The SMILES string of the molecule is CSc1ccc(S(=O)(=O)Nc2cccc(C(C)=O)c2)cc1C(=O)N1CCCCCC1. The molecule has 1 saturated heterocycles. The minimum Gasteiger partial charge on any atom is -0.339 e. The van der Waals surface area contributed by atoms with E-state index in [0.29, 0.717) is 29.9 Å². The van der Waals surface area contributed by atoms with Gasteiger partial charge in [-0.25, -0.2) is 8.42 Å². The smallest absolute Gasteiger partial charge is 0.261 e. The van der Waals surface area contributed by atoms with Crippen molar-refractivity contribution in [3.63, 3.8) is 0 Å². The molecule has 30 heavy (non-hydrogen) atoms. The number of carbonyl (C=O) groups is 2. The fourth-order valence-corrected chi connectivity index (χ4v) is 5.13. The molecule has 8 heteroatoms. The lowest BCUT2D eigenvalue weighted by atomic mass is 10.1. The van der Waals surface area contributed by atoms with E-state index in [0.717, 1.165) is 30.6 Å². The van der Waals surface area contributed by atoms with Crippen molar-refractivity contribution in [1.82, 2.24) is 4.90 Å². The molecule has 1 N–H and O–H groups in total. The summed E-state index contributed by atoms with van der Waals surface area (Å²) >= 11 is 1.42. The number of nitrogens with zero attached hydrogens (tertiary/aromatic N) is 1. The summed E-state index contributed by atoms with van der Waals surface area (Å²) in [6.07, 6.45) is 6.01. The Balaban J connectivity index is 1.92. The Hall–Kier alpha value is -2.32. The zero-order valence-corrected chi connectivity index (χ0v) is 18.8.